The molecule has 0 heterocycles. The Balaban J connectivity index is -0.000000479. The van der Waals surface area contributed by atoms with Gasteiger partial charge in [-0.1, -0.05) is 97.5 Å². The van der Waals surface area contributed by atoms with Gasteiger partial charge in [-0.05, 0) is 161 Å². The van der Waals surface area contributed by atoms with E-state index in [9.17, 15) is 0 Å². The summed E-state index contributed by atoms with van der Waals surface area (Å²) in [4.78, 5) is 0. The molecule has 4 aromatic carbocycles. The van der Waals surface area contributed by atoms with Crippen LogP contribution in [0.25, 0.3) is 10.8 Å². The monoisotopic (exact) mass is 559 g/mol. The molecule has 0 aromatic heterocycles. The lowest BCUT2D eigenvalue weighted by Crippen LogP contribution is -1.98. The molecule has 230 valence electrons. The maximum Gasteiger partial charge on any atom is -0.0184 e. The Morgan fingerprint density at radius 2 is 0.341 bits per heavy atom. The minimum atomic E-state index is 0. The van der Waals surface area contributed by atoms with Crippen LogP contribution in [0.15, 0.2) is 48.5 Å². The Morgan fingerprint density at radius 3 is 0.439 bits per heavy atom. The van der Waals surface area contributed by atoms with E-state index in [1.165, 1.54) is 77.5 Å². The zero-order chi connectivity index (χ0) is 31.7. The summed E-state index contributed by atoms with van der Waals surface area (Å²) >= 11 is 0. The Hall–Kier alpha value is -2.86. The molecular weight excluding hydrogens is 492 g/mol. The van der Waals surface area contributed by atoms with E-state index in [1.807, 2.05) is 41.5 Å². The number of hydrogen-bond acceptors (Lipinski definition) is 0. The van der Waals surface area contributed by atoms with Gasteiger partial charge in [-0.3, -0.25) is 0 Å². The molecule has 0 bridgehead atoms. The van der Waals surface area contributed by atoms with E-state index in [0.717, 1.165) is 0 Å². The van der Waals surface area contributed by atoms with Crippen LogP contribution in [0.2, 0.25) is 0 Å². The lowest BCUT2D eigenvalue weighted by Gasteiger charge is -2.15. The maximum absolute atomic E-state index is 2.21. The molecule has 0 unspecified atom stereocenters. The van der Waals surface area contributed by atoms with Crippen molar-refractivity contribution in [1.82, 2.24) is 0 Å². The van der Waals surface area contributed by atoms with E-state index >= 15 is 0 Å². The first-order chi connectivity index (χ1) is 18.9. The van der Waals surface area contributed by atoms with Gasteiger partial charge < -0.3 is 0 Å². The third-order valence-electron chi connectivity index (χ3n) is 8.41. The van der Waals surface area contributed by atoms with Gasteiger partial charge in [-0.25, -0.2) is 0 Å². The Labute approximate surface area is 257 Å². The van der Waals surface area contributed by atoms with Crippen LogP contribution < -0.4 is 0 Å². The molecule has 0 saturated heterocycles. The van der Waals surface area contributed by atoms with Gasteiger partial charge in [0.15, 0.2) is 0 Å². The second-order valence-electron chi connectivity index (χ2n) is 9.85. The average Bonchev–Trinajstić information content (AvgIpc) is 3.02. The molecule has 0 heteroatoms. The molecule has 0 radical (unpaired) electrons. The molecule has 4 rings (SSSR count). The molecular formula is C41H66. The van der Waals surface area contributed by atoms with Crippen molar-refractivity contribution in [2.24, 2.45) is 0 Å². The lowest BCUT2D eigenvalue weighted by molar-refractivity contribution is 1.13. The summed E-state index contributed by atoms with van der Waals surface area (Å²) in [5, 5.41) is 2.62. The van der Waals surface area contributed by atoms with Gasteiger partial charge >= 0.3 is 0 Å². The summed E-state index contributed by atoms with van der Waals surface area (Å²) in [7, 11) is 0. The molecule has 0 amide bonds. The summed E-state index contributed by atoms with van der Waals surface area (Å²) in [6.45, 7) is 38.5. The van der Waals surface area contributed by atoms with E-state index in [0.29, 0.717) is 0 Å². The summed E-state index contributed by atoms with van der Waals surface area (Å²) in [5.41, 5.74) is 17.5. The number of benzene rings is 4. The van der Waals surface area contributed by atoms with Gasteiger partial charge in [-0.2, -0.15) is 0 Å². The summed E-state index contributed by atoms with van der Waals surface area (Å²) < 4.78 is 0. The van der Waals surface area contributed by atoms with Gasteiger partial charge in [0, 0.05) is 0 Å². The lowest BCUT2D eigenvalue weighted by atomic mass is 9.90. The van der Waals surface area contributed by atoms with E-state index < -0.39 is 0 Å². The Morgan fingerprint density at radius 1 is 0.244 bits per heavy atom. The molecule has 0 aliphatic carbocycles. The van der Waals surface area contributed by atoms with Crippen LogP contribution in [0.5, 0.6) is 0 Å². The van der Waals surface area contributed by atoms with Crippen molar-refractivity contribution in [3.63, 3.8) is 0 Å². The standard InChI is InChI=1S/2C12H18.C10H8.3C2H6.CH4/c2*1-7-8(2)10(4)12(6)11(5)9(7)3;1-2-6-10-8-4-3-7-9(10)5-1;3*1-2;/h2*1-6H3;1-8H;3*1-2H3;1H4. The summed E-state index contributed by atoms with van der Waals surface area (Å²) in [5.74, 6) is 0. The predicted molar refractivity (Wildman–Crippen MR) is 194 cm³/mol. The van der Waals surface area contributed by atoms with Crippen molar-refractivity contribution < 1.29 is 0 Å². The van der Waals surface area contributed by atoms with Crippen molar-refractivity contribution in [2.45, 2.75) is 132 Å². The fraction of sp³-hybridized carbons (Fsp3) is 0.463. The zero-order valence-corrected chi connectivity index (χ0v) is 29.6. The summed E-state index contributed by atoms with van der Waals surface area (Å²) in [6, 6.07) is 16.7. The van der Waals surface area contributed by atoms with Crippen LogP contribution in [0.4, 0.5) is 0 Å². The maximum atomic E-state index is 2.21. The molecule has 4 aromatic rings. The van der Waals surface area contributed by atoms with Gasteiger partial charge in [0.05, 0.1) is 0 Å². The third kappa shape index (κ3) is 11.5. The molecule has 0 aliphatic rings. The number of hydrogen-bond donors (Lipinski definition) is 0. The smallest absolute Gasteiger partial charge is 0.0184 e. The largest absolute Gasteiger partial charge is 0.0776 e. The van der Waals surface area contributed by atoms with Crippen LogP contribution in [0, 0.1) is 83.1 Å². The minimum absolute atomic E-state index is 0. The third-order valence-corrected chi connectivity index (χ3v) is 8.41. The normalized spacial score (nSPS) is 9.02. The highest BCUT2D eigenvalue weighted by molar-refractivity contribution is 5.82. The van der Waals surface area contributed by atoms with Crippen LogP contribution in [-0.2, 0) is 0 Å². The topological polar surface area (TPSA) is 0 Å². The highest BCUT2D eigenvalue weighted by atomic mass is 14.1. The first-order valence-corrected chi connectivity index (χ1v) is 15.4. The van der Waals surface area contributed by atoms with E-state index in [2.05, 4.69) is 132 Å². The highest BCUT2D eigenvalue weighted by Crippen LogP contribution is 2.25. The van der Waals surface area contributed by atoms with Crippen LogP contribution >= 0.6 is 0 Å². The molecule has 0 atom stereocenters. The van der Waals surface area contributed by atoms with E-state index in [-0.39, 0.29) is 7.43 Å². The fourth-order valence-electron chi connectivity index (χ4n) is 4.51. The summed E-state index contributed by atoms with van der Waals surface area (Å²) in [6.07, 6.45) is 0. The molecule has 0 N–H and O–H groups in total. The van der Waals surface area contributed by atoms with Crippen LogP contribution in [-0.4, -0.2) is 0 Å². The minimum Gasteiger partial charge on any atom is -0.0776 e. The Kier molecular flexibility index (Phi) is 22.7. The first-order valence-electron chi connectivity index (χ1n) is 15.4. The molecule has 0 spiro atoms. The predicted octanol–water partition coefficient (Wildman–Crippen LogP) is 13.6. The SMILES string of the molecule is C.CC.CC.CC.Cc1c(C)c(C)c(C)c(C)c1C.Cc1c(C)c(C)c(C)c(C)c1C.c1ccc2ccccc2c1. The zero-order valence-electron chi connectivity index (χ0n) is 29.6. The van der Waals surface area contributed by atoms with Crippen molar-refractivity contribution in [3.8, 4) is 0 Å². The molecule has 0 saturated carbocycles. The van der Waals surface area contributed by atoms with Gasteiger partial charge in [0.2, 0.25) is 0 Å². The molecule has 41 heavy (non-hydrogen) atoms. The number of rotatable bonds is 0. The van der Waals surface area contributed by atoms with Gasteiger partial charge in [-0.15, -0.1) is 0 Å². The van der Waals surface area contributed by atoms with Crippen molar-refractivity contribution >= 4 is 10.8 Å². The van der Waals surface area contributed by atoms with E-state index in [1.54, 1.807) is 0 Å². The van der Waals surface area contributed by atoms with Crippen molar-refractivity contribution in [1.29, 1.82) is 0 Å². The Bertz CT molecular complexity index is 959. The number of fused-ring (bicyclic) bond motifs is 1. The quantitative estimate of drug-likeness (QED) is 0.201. The first kappa shape index (κ1) is 42.6. The molecule has 0 fully saturated rings. The highest BCUT2D eigenvalue weighted by Gasteiger charge is 2.08. The second kappa shape index (κ2) is 21.8. The van der Waals surface area contributed by atoms with Gasteiger partial charge in [0.1, 0.15) is 0 Å². The van der Waals surface area contributed by atoms with Crippen LogP contribution in [0.3, 0.4) is 0 Å². The molecule has 0 aliphatic heterocycles. The van der Waals surface area contributed by atoms with Gasteiger partial charge in [0.25, 0.3) is 0 Å². The average molecular weight is 559 g/mol. The van der Waals surface area contributed by atoms with Crippen molar-refractivity contribution in [2.75, 3.05) is 0 Å². The fourth-order valence-corrected chi connectivity index (χ4v) is 4.51. The van der Waals surface area contributed by atoms with E-state index in [4.69, 9.17) is 0 Å². The van der Waals surface area contributed by atoms with Crippen LogP contribution in [0.1, 0.15) is 116 Å². The second-order valence-corrected chi connectivity index (χ2v) is 9.85. The molecule has 0 nitrogen and oxygen atoms in total. The van der Waals surface area contributed by atoms with Crippen molar-refractivity contribution in [3.05, 3.63) is 115 Å².